The van der Waals surface area contributed by atoms with Gasteiger partial charge in [0.15, 0.2) is 6.10 Å². The van der Waals surface area contributed by atoms with E-state index in [0.29, 0.717) is 0 Å². The summed E-state index contributed by atoms with van der Waals surface area (Å²) >= 11 is 0. The summed E-state index contributed by atoms with van der Waals surface area (Å²) in [4.78, 5) is 11.1. The third kappa shape index (κ3) is 6.10. The zero-order valence-corrected chi connectivity index (χ0v) is 12.0. The van der Waals surface area contributed by atoms with Crippen LogP contribution in [0.5, 0.6) is 0 Å². The lowest BCUT2D eigenvalue weighted by molar-refractivity contribution is -0.144. The maximum absolute atomic E-state index is 11.1. The van der Waals surface area contributed by atoms with Crippen molar-refractivity contribution in [2.24, 2.45) is 0 Å². The van der Waals surface area contributed by atoms with Crippen molar-refractivity contribution < 1.29 is 9.53 Å². The van der Waals surface area contributed by atoms with Crippen LogP contribution in [0.1, 0.15) is 56.8 Å². The van der Waals surface area contributed by atoms with E-state index < -0.39 is 6.10 Å². The molecule has 102 valence electrons. The van der Waals surface area contributed by atoms with E-state index in [2.05, 4.69) is 18.8 Å². The van der Waals surface area contributed by atoms with Crippen molar-refractivity contribution >= 4 is 5.97 Å². The van der Waals surface area contributed by atoms with Crippen molar-refractivity contribution in [1.29, 1.82) is 0 Å². The largest absolute Gasteiger partial charge is 0.444 e. The molecule has 0 bridgehead atoms. The van der Waals surface area contributed by atoms with Crippen molar-refractivity contribution in [2.45, 2.75) is 52.6 Å². The summed E-state index contributed by atoms with van der Waals surface area (Å²) in [5.41, 5.74) is 2.12. The zero-order valence-electron chi connectivity index (χ0n) is 12.0. The Morgan fingerprint density at radius 1 is 1.26 bits per heavy atom. The molecule has 0 aromatic heterocycles. The quantitative estimate of drug-likeness (QED) is 0.450. The Bertz CT molecular complexity index is 448. The first-order valence-corrected chi connectivity index (χ1v) is 6.85. The molecule has 0 N–H and O–H groups in total. The lowest BCUT2D eigenvalue weighted by Crippen LogP contribution is -2.06. The predicted octanol–water partition coefficient (Wildman–Crippen LogP) is 4.18. The van der Waals surface area contributed by atoms with Crippen LogP contribution in [0.3, 0.4) is 0 Å². The Labute approximate surface area is 116 Å². The molecule has 0 aliphatic rings. The maximum atomic E-state index is 11.1. The molecule has 2 nitrogen and oxygen atoms in total. The molecule has 1 aromatic rings. The molecule has 19 heavy (non-hydrogen) atoms. The Morgan fingerprint density at radius 2 is 1.95 bits per heavy atom. The van der Waals surface area contributed by atoms with Crippen LogP contribution in [0.25, 0.3) is 0 Å². The standard InChI is InChI=1S/C17H22O2/c1-4-5-6-7-8-9-17(19-15(3)18)16-12-10-14(2)11-13-16/h10-13,17H,4-7H2,1-3H3. The van der Waals surface area contributed by atoms with Gasteiger partial charge in [-0.1, -0.05) is 61.4 Å². The molecule has 0 aliphatic carbocycles. The predicted molar refractivity (Wildman–Crippen MR) is 77.6 cm³/mol. The number of carbonyl (C=O) groups excluding carboxylic acids is 1. The molecule has 0 fully saturated rings. The van der Waals surface area contributed by atoms with Crippen LogP contribution < -0.4 is 0 Å². The van der Waals surface area contributed by atoms with Crippen LogP contribution in [0.4, 0.5) is 0 Å². The van der Waals surface area contributed by atoms with Crippen molar-refractivity contribution in [3.63, 3.8) is 0 Å². The van der Waals surface area contributed by atoms with Gasteiger partial charge in [-0.15, -0.1) is 0 Å². The Kier molecular flexibility index (Phi) is 6.74. The van der Waals surface area contributed by atoms with Gasteiger partial charge in [-0.25, -0.2) is 0 Å². The molecule has 0 radical (unpaired) electrons. The SMILES string of the molecule is CCCCCC#CC(OC(C)=O)c1ccc(C)cc1. The number of hydrogen-bond donors (Lipinski definition) is 0. The molecule has 1 unspecified atom stereocenters. The summed E-state index contributed by atoms with van der Waals surface area (Å²) in [7, 11) is 0. The first-order chi connectivity index (χ1) is 9.13. The zero-order chi connectivity index (χ0) is 14.1. The summed E-state index contributed by atoms with van der Waals surface area (Å²) in [6, 6.07) is 7.93. The number of esters is 1. The van der Waals surface area contributed by atoms with Crippen molar-refractivity contribution in [3.8, 4) is 11.8 Å². The average Bonchev–Trinajstić information content (AvgIpc) is 2.38. The van der Waals surface area contributed by atoms with Gasteiger partial charge in [0.05, 0.1) is 0 Å². The lowest BCUT2D eigenvalue weighted by Gasteiger charge is -2.11. The highest BCUT2D eigenvalue weighted by atomic mass is 16.5. The second-order valence-electron chi connectivity index (χ2n) is 4.68. The molecule has 1 rings (SSSR count). The fraction of sp³-hybridized carbons (Fsp3) is 0.471. The third-order valence-corrected chi connectivity index (χ3v) is 2.80. The Hall–Kier alpha value is -1.75. The monoisotopic (exact) mass is 258 g/mol. The number of carbonyl (C=O) groups is 1. The van der Waals surface area contributed by atoms with E-state index in [1.54, 1.807) is 0 Å². The normalized spacial score (nSPS) is 11.3. The van der Waals surface area contributed by atoms with Crippen LogP contribution in [-0.2, 0) is 9.53 Å². The summed E-state index contributed by atoms with van der Waals surface area (Å²) < 4.78 is 5.27. The van der Waals surface area contributed by atoms with Crippen LogP contribution in [0, 0.1) is 18.8 Å². The molecular formula is C17H22O2. The highest BCUT2D eigenvalue weighted by Gasteiger charge is 2.10. The van der Waals surface area contributed by atoms with Crippen LogP contribution >= 0.6 is 0 Å². The number of aryl methyl sites for hydroxylation is 1. The van der Waals surface area contributed by atoms with E-state index in [1.807, 2.05) is 31.2 Å². The van der Waals surface area contributed by atoms with Crippen molar-refractivity contribution in [1.82, 2.24) is 0 Å². The molecule has 0 spiro atoms. The van der Waals surface area contributed by atoms with E-state index >= 15 is 0 Å². The van der Waals surface area contributed by atoms with E-state index in [-0.39, 0.29) is 5.97 Å². The van der Waals surface area contributed by atoms with Gasteiger partial charge in [-0.05, 0) is 13.3 Å². The van der Waals surface area contributed by atoms with Gasteiger partial charge in [0.25, 0.3) is 0 Å². The minimum absolute atomic E-state index is 0.298. The Morgan fingerprint density at radius 3 is 2.53 bits per heavy atom. The fourth-order valence-electron chi connectivity index (χ4n) is 1.72. The van der Waals surface area contributed by atoms with E-state index in [1.165, 1.54) is 25.3 Å². The number of rotatable bonds is 5. The number of hydrogen-bond acceptors (Lipinski definition) is 2. The number of benzene rings is 1. The molecule has 0 aliphatic heterocycles. The van der Waals surface area contributed by atoms with Crippen LogP contribution in [-0.4, -0.2) is 5.97 Å². The molecule has 2 heteroatoms. The van der Waals surface area contributed by atoms with E-state index in [4.69, 9.17) is 4.74 Å². The van der Waals surface area contributed by atoms with E-state index in [0.717, 1.165) is 18.4 Å². The van der Waals surface area contributed by atoms with E-state index in [9.17, 15) is 4.79 Å². The molecular weight excluding hydrogens is 236 g/mol. The van der Waals surface area contributed by atoms with Gasteiger partial charge in [0.2, 0.25) is 0 Å². The smallest absolute Gasteiger partial charge is 0.304 e. The Balaban J connectivity index is 2.71. The molecule has 0 heterocycles. The minimum atomic E-state index is -0.445. The van der Waals surface area contributed by atoms with Crippen LogP contribution in [0.15, 0.2) is 24.3 Å². The fourth-order valence-corrected chi connectivity index (χ4v) is 1.72. The highest BCUT2D eigenvalue weighted by molar-refractivity contribution is 5.66. The van der Waals surface area contributed by atoms with Gasteiger partial charge >= 0.3 is 5.97 Å². The number of ether oxygens (including phenoxy) is 1. The molecule has 0 amide bonds. The molecule has 1 aromatic carbocycles. The van der Waals surface area contributed by atoms with Crippen molar-refractivity contribution in [3.05, 3.63) is 35.4 Å². The molecule has 0 saturated heterocycles. The average molecular weight is 258 g/mol. The minimum Gasteiger partial charge on any atom is -0.444 e. The van der Waals surface area contributed by atoms with Gasteiger partial charge in [0, 0.05) is 18.9 Å². The summed E-state index contributed by atoms with van der Waals surface area (Å²) in [6.45, 7) is 5.61. The number of unbranched alkanes of at least 4 members (excludes halogenated alkanes) is 3. The summed E-state index contributed by atoms with van der Waals surface area (Å²) in [5, 5.41) is 0. The van der Waals surface area contributed by atoms with Gasteiger partial charge in [-0.2, -0.15) is 0 Å². The third-order valence-electron chi connectivity index (χ3n) is 2.80. The molecule has 0 saturated carbocycles. The second-order valence-corrected chi connectivity index (χ2v) is 4.68. The maximum Gasteiger partial charge on any atom is 0.304 e. The lowest BCUT2D eigenvalue weighted by atomic mass is 10.1. The topological polar surface area (TPSA) is 26.3 Å². The van der Waals surface area contributed by atoms with Gasteiger partial charge in [-0.3, -0.25) is 4.79 Å². The highest BCUT2D eigenvalue weighted by Crippen LogP contribution is 2.17. The van der Waals surface area contributed by atoms with Gasteiger partial charge < -0.3 is 4.74 Å². The summed E-state index contributed by atoms with van der Waals surface area (Å²) in [6.07, 6.45) is 3.89. The molecule has 1 atom stereocenters. The van der Waals surface area contributed by atoms with Gasteiger partial charge in [0.1, 0.15) is 0 Å². The van der Waals surface area contributed by atoms with Crippen LogP contribution in [0.2, 0.25) is 0 Å². The van der Waals surface area contributed by atoms with Crippen molar-refractivity contribution in [2.75, 3.05) is 0 Å². The second kappa shape index (κ2) is 8.37. The summed E-state index contributed by atoms with van der Waals surface area (Å²) in [5.74, 6) is 5.87. The first kappa shape index (κ1) is 15.3. The first-order valence-electron chi connectivity index (χ1n) is 6.85.